The van der Waals surface area contributed by atoms with Gasteiger partial charge in [0.15, 0.2) is 11.2 Å². The van der Waals surface area contributed by atoms with Gasteiger partial charge in [-0.25, -0.2) is 9.18 Å². The van der Waals surface area contributed by atoms with Crippen LogP contribution in [0.15, 0.2) is 58.1 Å². The van der Waals surface area contributed by atoms with Gasteiger partial charge >= 0.3 is 5.69 Å². The summed E-state index contributed by atoms with van der Waals surface area (Å²) >= 11 is 6.02. The molecule has 0 aliphatic carbocycles. The average Bonchev–Trinajstić information content (AvgIpc) is 3.17. The molecule has 4 aromatic rings. The van der Waals surface area contributed by atoms with E-state index in [2.05, 4.69) is 4.98 Å². The molecule has 0 N–H and O–H groups in total. The third-order valence-electron chi connectivity index (χ3n) is 5.64. The fourth-order valence-corrected chi connectivity index (χ4v) is 4.19. The molecule has 1 aliphatic rings. The first-order valence-corrected chi connectivity index (χ1v) is 10.3. The Balaban J connectivity index is 1.71. The van der Waals surface area contributed by atoms with Gasteiger partial charge in [0.05, 0.1) is 6.54 Å². The Bertz CT molecular complexity index is 1420. The summed E-state index contributed by atoms with van der Waals surface area (Å²) in [6.45, 7) is 1.18. The number of anilines is 2. The van der Waals surface area contributed by atoms with E-state index < -0.39 is 17.1 Å². The van der Waals surface area contributed by atoms with Crippen molar-refractivity contribution in [1.82, 2.24) is 18.7 Å². The zero-order valence-corrected chi connectivity index (χ0v) is 17.5. The summed E-state index contributed by atoms with van der Waals surface area (Å²) in [6.07, 6.45) is 0.802. The number of aromatic nitrogens is 4. The van der Waals surface area contributed by atoms with Crippen LogP contribution >= 0.6 is 11.6 Å². The number of benzene rings is 2. The number of hydrogen-bond donors (Lipinski definition) is 0. The first-order chi connectivity index (χ1) is 15.0. The second kappa shape index (κ2) is 7.39. The molecule has 0 radical (unpaired) electrons. The first kappa shape index (κ1) is 19.6. The smallest absolute Gasteiger partial charge is 0.312 e. The minimum atomic E-state index is -0.533. The number of fused-ring (bicyclic) bond motifs is 3. The fraction of sp³-hybridized carbons (Fsp3) is 0.227. The van der Waals surface area contributed by atoms with Crippen LogP contribution < -0.4 is 16.1 Å². The van der Waals surface area contributed by atoms with Crippen LogP contribution in [0.3, 0.4) is 0 Å². The van der Waals surface area contributed by atoms with Crippen LogP contribution in [0.4, 0.5) is 16.0 Å². The Labute approximate surface area is 181 Å². The van der Waals surface area contributed by atoms with Crippen molar-refractivity contribution in [3.63, 3.8) is 0 Å². The maximum Gasteiger partial charge on any atom is 0.332 e. The minimum absolute atomic E-state index is 0.143. The van der Waals surface area contributed by atoms with Crippen LogP contribution in [0.25, 0.3) is 11.2 Å². The summed E-state index contributed by atoms with van der Waals surface area (Å²) < 4.78 is 18.4. The third kappa shape index (κ3) is 3.14. The molecule has 0 amide bonds. The topological polar surface area (TPSA) is 65.1 Å². The SMILES string of the molecule is Cn1c(=O)n(Cc2ccccc2F)c(=O)c2c1nc1n2CCCN1c1ccc(Cl)cc1. The average molecular weight is 440 g/mol. The normalized spacial score (nSPS) is 13.6. The van der Waals surface area contributed by atoms with Gasteiger partial charge in [-0.3, -0.25) is 13.9 Å². The van der Waals surface area contributed by atoms with Crippen molar-refractivity contribution in [2.24, 2.45) is 7.05 Å². The van der Waals surface area contributed by atoms with Gasteiger partial charge in [0.2, 0.25) is 5.95 Å². The van der Waals surface area contributed by atoms with E-state index in [0.717, 1.165) is 23.2 Å². The van der Waals surface area contributed by atoms with Crippen LogP contribution in [0, 0.1) is 5.82 Å². The molecule has 0 saturated carbocycles. The van der Waals surface area contributed by atoms with Crippen molar-refractivity contribution in [3.8, 4) is 0 Å². The molecule has 31 heavy (non-hydrogen) atoms. The lowest BCUT2D eigenvalue weighted by molar-refractivity contribution is 0.578. The highest BCUT2D eigenvalue weighted by molar-refractivity contribution is 6.30. The minimum Gasteiger partial charge on any atom is -0.312 e. The van der Waals surface area contributed by atoms with Crippen molar-refractivity contribution < 1.29 is 4.39 Å². The fourth-order valence-electron chi connectivity index (χ4n) is 4.07. The van der Waals surface area contributed by atoms with Crippen LogP contribution in [-0.2, 0) is 20.1 Å². The van der Waals surface area contributed by atoms with Crippen molar-refractivity contribution in [2.75, 3.05) is 11.4 Å². The first-order valence-electron chi connectivity index (χ1n) is 9.92. The Morgan fingerprint density at radius 2 is 1.81 bits per heavy atom. The van der Waals surface area contributed by atoms with E-state index in [4.69, 9.17) is 11.6 Å². The van der Waals surface area contributed by atoms with Crippen LogP contribution in [-0.4, -0.2) is 25.2 Å². The molecule has 0 spiro atoms. The summed E-state index contributed by atoms with van der Waals surface area (Å²) in [4.78, 5) is 33.0. The lowest BCUT2D eigenvalue weighted by atomic mass is 10.2. The molecule has 0 bridgehead atoms. The lowest BCUT2D eigenvalue weighted by Crippen LogP contribution is -2.40. The van der Waals surface area contributed by atoms with Gasteiger partial charge in [-0.2, -0.15) is 4.98 Å². The number of rotatable bonds is 3. The van der Waals surface area contributed by atoms with E-state index in [0.29, 0.717) is 28.7 Å². The molecule has 0 saturated heterocycles. The van der Waals surface area contributed by atoms with Crippen molar-refractivity contribution in [2.45, 2.75) is 19.5 Å². The number of halogens is 2. The quantitative estimate of drug-likeness (QED) is 0.491. The summed E-state index contributed by atoms with van der Waals surface area (Å²) in [5.74, 6) is 0.139. The lowest BCUT2D eigenvalue weighted by Gasteiger charge is -2.29. The molecule has 0 fully saturated rings. The number of imidazole rings is 1. The zero-order chi connectivity index (χ0) is 21.7. The van der Waals surface area contributed by atoms with Gasteiger partial charge < -0.3 is 9.47 Å². The highest BCUT2D eigenvalue weighted by Gasteiger charge is 2.27. The molecular weight excluding hydrogens is 421 g/mol. The molecule has 9 heteroatoms. The molecule has 2 aromatic heterocycles. The molecule has 7 nitrogen and oxygen atoms in total. The monoisotopic (exact) mass is 439 g/mol. The summed E-state index contributed by atoms with van der Waals surface area (Å²) in [5.41, 5.74) is 0.828. The predicted molar refractivity (Wildman–Crippen MR) is 118 cm³/mol. The van der Waals surface area contributed by atoms with Gasteiger partial charge in [-0.15, -0.1) is 0 Å². The number of aryl methyl sites for hydroxylation is 2. The van der Waals surface area contributed by atoms with Crippen molar-refractivity contribution in [3.05, 3.63) is 85.8 Å². The van der Waals surface area contributed by atoms with E-state index in [9.17, 15) is 14.0 Å². The maximum absolute atomic E-state index is 14.2. The molecular formula is C22H19ClFN5O2. The predicted octanol–water partition coefficient (Wildman–Crippen LogP) is 3.28. The van der Waals surface area contributed by atoms with E-state index in [1.54, 1.807) is 37.4 Å². The third-order valence-corrected chi connectivity index (χ3v) is 5.89. The molecule has 2 aromatic carbocycles. The molecule has 5 rings (SSSR count). The van der Waals surface area contributed by atoms with E-state index in [1.165, 1.54) is 10.6 Å². The Kier molecular flexibility index (Phi) is 4.66. The standard InChI is InChI=1S/C22H19ClFN5O2/c1-26-19-18(20(30)29(22(26)31)13-14-5-2-3-6-17(14)24)28-12-4-11-27(21(28)25-19)16-9-7-15(23)8-10-16/h2-3,5-10H,4,11-13H2,1H3. The Morgan fingerprint density at radius 1 is 1.06 bits per heavy atom. The van der Waals surface area contributed by atoms with E-state index in [-0.39, 0.29) is 12.1 Å². The van der Waals surface area contributed by atoms with Gasteiger partial charge in [0.1, 0.15) is 5.82 Å². The van der Waals surface area contributed by atoms with Crippen molar-refractivity contribution >= 4 is 34.4 Å². The zero-order valence-electron chi connectivity index (χ0n) is 16.8. The number of nitrogens with zero attached hydrogens (tertiary/aromatic N) is 5. The Hall–Kier alpha value is -3.39. The van der Waals surface area contributed by atoms with Crippen LogP contribution in [0.5, 0.6) is 0 Å². The highest BCUT2D eigenvalue weighted by atomic mass is 35.5. The van der Waals surface area contributed by atoms with Crippen LogP contribution in [0.1, 0.15) is 12.0 Å². The number of hydrogen-bond acceptors (Lipinski definition) is 4. The molecule has 158 valence electrons. The summed E-state index contributed by atoms with van der Waals surface area (Å²) in [6, 6.07) is 13.5. The van der Waals surface area contributed by atoms with Gasteiger partial charge in [-0.05, 0) is 36.8 Å². The Morgan fingerprint density at radius 3 is 2.55 bits per heavy atom. The second-order valence-electron chi connectivity index (χ2n) is 7.54. The molecule has 0 atom stereocenters. The summed E-state index contributed by atoms with van der Waals surface area (Å²) in [5, 5.41) is 0.632. The molecule has 1 aliphatic heterocycles. The molecule has 0 unspecified atom stereocenters. The van der Waals surface area contributed by atoms with Crippen LogP contribution in [0.2, 0.25) is 5.02 Å². The largest absolute Gasteiger partial charge is 0.332 e. The summed E-state index contributed by atoms with van der Waals surface area (Å²) in [7, 11) is 1.58. The van der Waals surface area contributed by atoms with Gasteiger partial charge in [0, 0.05) is 36.4 Å². The van der Waals surface area contributed by atoms with Gasteiger partial charge in [-0.1, -0.05) is 29.8 Å². The molecule has 3 heterocycles. The van der Waals surface area contributed by atoms with Gasteiger partial charge in [0.25, 0.3) is 5.56 Å². The van der Waals surface area contributed by atoms with E-state index in [1.807, 2.05) is 21.6 Å². The van der Waals surface area contributed by atoms with E-state index >= 15 is 0 Å². The van der Waals surface area contributed by atoms with Crippen molar-refractivity contribution in [1.29, 1.82) is 0 Å². The maximum atomic E-state index is 14.2. The highest BCUT2D eigenvalue weighted by Crippen LogP contribution is 2.31. The second-order valence-corrected chi connectivity index (χ2v) is 7.98.